The van der Waals surface area contributed by atoms with Crippen LogP contribution in [0.2, 0.25) is 0 Å². The molecule has 0 saturated carbocycles. The standard InChI is InChI=1S/C9H10N4O2/c10-8(9(14)15)5-6-1-3-7(4-2-6)12-13-11/h1-4,8H,5,10H2,(H,14,15). The van der Waals surface area contributed by atoms with Crippen LogP contribution in [0, 0.1) is 0 Å². The fourth-order valence-corrected chi connectivity index (χ4v) is 1.09. The topological polar surface area (TPSA) is 112 Å². The minimum absolute atomic E-state index is 0.256. The van der Waals surface area contributed by atoms with Gasteiger partial charge < -0.3 is 10.8 Å². The number of carboxylic acid groups (broad SMARTS) is 1. The maximum atomic E-state index is 10.5. The summed E-state index contributed by atoms with van der Waals surface area (Å²) >= 11 is 0. The highest BCUT2D eigenvalue weighted by Crippen LogP contribution is 2.13. The predicted molar refractivity (Wildman–Crippen MR) is 54.6 cm³/mol. The van der Waals surface area contributed by atoms with Crippen molar-refractivity contribution in [1.82, 2.24) is 0 Å². The Labute approximate surface area is 86.0 Å². The molecule has 0 spiro atoms. The minimum atomic E-state index is -1.03. The van der Waals surface area contributed by atoms with Gasteiger partial charge in [-0.15, -0.1) is 0 Å². The smallest absolute Gasteiger partial charge is 0.320 e. The van der Waals surface area contributed by atoms with Crippen LogP contribution in [0.3, 0.4) is 0 Å². The van der Waals surface area contributed by atoms with Crippen LogP contribution in [-0.4, -0.2) is 17.1 Å². The molecule has 0 aliphatic rings. The summed E-state index contributed by atoms with van der Waals surface area (Å²) in [7, 11) is 0. The lowest BCUT2D eigenvalue weighted by molar-refractivity contribution is -0.138. The molecule has 0 radical (unpaired) electrons. The highest BCUT2D eigenvalue weighted by Gasteiger charge is 2.11. The first-order valence-electron chi connectivity index (χ1n) is 4.26. The molecule has 0 aromatic heterocycles. The lowest BCUT2D eigenvalue weighted by atomic mass is 10.1. The lowest BCUT2D eigenvalue weighted by Gasteiger charge is -2.05. The van der Waals surface area contributed by atoms with Gasteiger partial charge in [-0.1, -0.05) is 29.4 Å². The van der Waals surface area contributed by atoms with E-state index in [0.29, 0.717) is 5.69 Å². The second-order valence-corrected chi connectivity index (χ2v) is 3.00. The Morgan fingerprint density at radius 2 is 2.13 bits per heavy atom. The summed E-state index contributed by atoms with van der Waals surface area (Å²) < 4.78 is 0. The van der Waals surface area contributed by atoms with Crippen LogP contribution in [0.1, 0.15) is 5.56 Å². The van der Waals surface area contributed by atoms with Crippen LogP contribution in [0.5, 0.6) is 0 Å². The number of hydrogen-bond donors (Lipinski definition) is 2. The first-order chi connectivity index (χ1) is 7.13. The molecule has 1 atom stereocenters. The Hall–Kier alpha value is -2.04. The molecule has 0 aliphatic carbocycles. The molecular weight excluding hydrogens is 196 g/mol. The van der Waals surface area contributed by atoms with Crippen molar-refractivity contribution in [1.29, 1.82) is 0 Å². The molecule has 6 heteroatoms. The molecule has 15 heavy (non-hydrogen) atoms. The van der Waals surface area contributed by atoms with E-state index in [2.05, 4.69) is 10.0 Å². The summed E-state index contributed by atoms with van der Waals surface area (Å²) in [4.78, 5) is 13.1. The highest BCUT2D eigenvalue weighted by atomic mass is 16.4. The molecule has 0 saturated heterocycles. The van der Waals surface area contributed by atoms with Crippen LogP contribution in [-0.2, 0) is 11.2 Å². The maximum Gasteiger partial charge on any atom is 0.320 e. The van der Waals surface area contributed by atoms with Gasteiger partial charge in [0.05, 0.1) is 0 Å². The average molecular weight is 206 g/mol. The van der Waals surface area contributed by atoms with E-state index in [9.17, 15) is 4.79 Å². The van der Waals surface area contributed by atoms with Crippen LogP contribution < -0.4 is 5.73 Å². The van der Waals surface area contributed by atoms with Crippen molar-refractivity contribution >= 4 is 11.7 Å². The SMILES string of the molecule is [N-]=[N+]=Nc1ccc(CC(N)C(=O)O)cc1. The van der Waals surface area contributed by atoms with E-state index in [1.807, 2.05) is 0 Å². The number of nitrogens with two attached hydrogens (primary N) is 1. The van der Waals surface area contributed by atoms with Crippen molar-refractivity contribution < 1.29 is 9.90 Å². The van der Waals surface area contributed by atoms with Gasteiger partial charge in [0, 0.05) is 10.6 Å². The molecular formula is C9H10N4O2. The third-order valence-corrected chi connectivity index (χ3v) is 1.87. The normalized spacial score (nSPS) is 11.5. The van der Waals surface area contributed by atoms with E-state index in [4.69, 9.17) is 16.4 Å². The van der Waals surface area contributed by atoms with E-state index in [1.165, 1.54) is 0 Å². The number of benzene rings is 1. The number of azide groups is 1. The number of nitrogens with zero attached hydrogens (tertiary/aromatic N) is 3. The van der Waals surface area contributed by atoms with Crippen LogP contribution in [0.15, 0.2) is 29.4 Å². The molecule has 1 aromatic carbocycles. The molecule has 0 fully saturated rings. The molecule has 0 amide bonds. The quantitative estimate of drug-likeness (QED) is 0.443. The molecule has 0 aliphatic heterocycles. The molecule has 1 unspecified atom stereocenters. The maximum absolute atomic E-state index is 10.5. The molecule has 1 aromatic rings. The summed E-state index contributed by atoms with van der Waals surface area (Å²) in [6, 6.07) is 5.70. The summed E-state index contributed by atoms with van der Waals surface area (Å²) in [5.74, 6) is -1.03. The van der Waals surface area contributed by atoms with E-state index in [1.54, 1.807) is 24.3 Å². The highest BCUT2D eigenvalue weighted by molar-refractivity contribution is 5.73. The van der Waals surface area contributed by atoms with Crippen molar-refractivity contribution in [2.24, 2.45) is 10.8 Å². The van der Waals surface area contributed by atoms with Gasteiger partial charge in [0.1, 0.15) is 6.04 Å². The zero-order valence-electron chi connectivity index (χ0n) is 7.87. The molecule has 6 nitrogen and oxygen atoms in total. The largest absolute Gasteiger partial charge is 0.480 e. The Morgan fingerprint density at radius 3 is 2.60 bits per heavy atom. The van der Waals surface area contributed by atoms with E-state index in [-0.39, 0.29) is 6.42 Å². The molecule has 0 heterocycles. The first-order valence-corrected chi connectivity index (χ1v) is 4.26. The van der Waals surface area contributed by atoms with Crippen molar-refractivity contribution in [3.05, 3.63) is 40.3 Å². The van der Waals surface area contributed by atoms with Gasteiger partial charge in [-0.25, -0.2) is 0 Å². The summed E-state index contributed by atoms with van der Waals surface area (Å²) in [5, 5.41) is 12.0. The van der Waals surface area contributed by atoms with Crippen LogP contribution in [0.4, 0.5) is 5.69 Å². The van der Waals surface area contributed by atoms with E-state index >= 15 is 0 Å². The lowest BCUT2D eigenvalue weighted by Crippen LogP contribution is -2.32. The second kappa shape index (κ2) is 4.99. The van der Waals surface area contributed by atoms with Gasteiger partial charge in [0.15, 0.2) is 0 Å². The van der Waals surface area contributed by atoms with Gasteiger partial charge in [-0.2, -0.15) is 0 Å². The molecule has 1 rings (SSSR count). The second-order valence-electron chi connectivity index (χ2n) is 3.00. The van der Waals surface area contributed by atoms with E-state index in [0.717, 1.165) is 5.56 Å². The first kappa shape index (κ1) is 11.0. The molecule has 78 valence electrons. The van der Waals surface area contributed by atoms with Crippen molar-refractivity contribution in [2.75, 3.05) is 0 Å². The zero-order valence-corrected chi connectivity index (χ0v) is 7.87. The Morgan fingerprint density at radius 1 is 1.53 bits per heavy atom. The predicted octanol–water partition coefficient (Wildman–Crippen LogP) is 1.58. The Kier molecular flexibility index (Phi) is 3.68. The van der Waals surface area contributed by atoms with Gasteiger partial charge in [0.25, 0.3) is 0 Å². The van der Waals surface area contributed by atoms with Gasteiger partial charge in [-0.05, 0) is 17.5 Å². The van der Waals surface area contributed by atoms with Crippen molar-refractivity contribution in [3.63, 3.8) is 0 Å². The number of carboxylic acids is 1. The number of carbonyl (C=O) groups is 1. The molecule has 0 bridgehead atoms. The van der Waals surface area contributed by atoms with Crippen molar-refractivity contribution in [2.45, 2.75) is 12.5 Å². The van der Waals surface area contributed by atoms with Gasteiger partial charge in [-0.3, -0.25) is 4.79 Å². The fraction of sp³-hybridized carbons (Fsp3) is 0.222. The fourth-order valence-electron chi connectivity index (χ4n) is 1.09. The number of aliphatic carboxylic acids is 1. The minimum Gasteiger partial charge on any atom is -0.480 e. The third-order valence-electron chi connectivity index (χ3n) is 1.87. The van der Waals surface area contributed by atoms with Crippen LogP contribution in [0.25, 0.3) is 10.4 Å². The molecule has 3 N–H and O–H groups in total. The number of hydrogen-bond acceptors (Lipinski definition) is 3. The zero-order chi connectivity index (χ0) is 11.3. The summed E-state index contributed by atoms with van der Waals surface area (Å²) in [6.07, 6.45) is 0.256. The van der Waals surface area contributed by atoms with Gasteiger partial charge >= 0.3 is 5.97 Å². The Balaban J connectivity index is 2.72. The summed E-state index contributed by atoms with van der Waals surface area (Å²) in [5.41, 5.74) is 14.8. The van der Waals surface area contributed by atoms with E-state index < -0.39 is 12.0 Å². The number of rotatable bonds is 4. The van der Waals surface area contributed by atoms with Crippen molar-refractivity contribution in [3.8, 4) is 0 Å². The van der Waals surface area contributed by atoms with Crippen LogP contribution >= 0.6 is 0 Å². The Bertz CT molecular complexity index is 395. The van der Waals surface area contributed by atoms with Gasteiger partial charge in [0.2, 0.25) is 0 Å². The summed E-state index contributed by atoms with van der Waals surface area (Å²) in [6.45, 7) is 0. The average Bonchev–Trinajstić information content (AvgIpc) is 2.21. The third kappa shape index (κ3) is 3.30. The monoisotopic (exact) mass is 206 g/mol.